The number of aliphatic hydroxyl groups is 1. The lowest BCUT2D eigenvalue weighted by Gasteiger charge is -2.45. The summed E-state index contributed by atoms with van der Waals surface area (Å²) in [6.45, 7) is 7.48. The van der Waals surface area contributed by atoms with E-state index in [9.17, 15) is 5.11 Å². The first-order chi connectivity index (χ1) is 18.3. The second-order valence-corrected chi connectivity index (χ2v) is 15.6. The number of aliphatic hydroxyl groups excluding tert-OH is 1. The summed E-state index contributed by atoms with van der Waals surface area (Å²) in [5, 5.41) is 13.5. The Hall–Kier alpha value is -3.37. The Morgan fingerprint density at radius 2 is 1.71 bits per heavy atom. The normalized spacial score (nSPS) is 25.2. The van der Waals surface area contributed by atoms with E-state index < -0.39 is 20.0 Å². The molecule has 0 radical (unpaired) electrons. The average Bonchev–Trinajstić information content (AvgIpc) is 3.59. The first-order valence-electron chi connectivity index (χ1n) is 12.9. The van der Waals surface area contributed by atoms with Crippen molar-refractivity contribution >= 4 is 35.7 Å². The van der Waals surface area contributed by atoms with Gasteiger partial charge in [-0.1, -0.05) is 93.6 Å². The molecule has 2 aromatic carbocycles. The van der Waals surface area contributed by atoms with E-state index in [1.54, 1.807) is 6.33 Å². The third-order valence-electron chi connectivity index (χ3n) is 8.26. The number of nitrogens with two attached hydrogens (primary N) is 1. The van der Waals surface area contributed by atoms with Gasteiger partial charge in [0.15, 0.2) is 17.8 Å². The molecule has 3 heterocycles. The van der Waals surface area contributed by atoms with Crippen LogP contribution < -0.4 is 16.1 Å². The third-order valence-corrected chi connectivity index (χ3v) is 13.2. The van der Waals surface area contributed by atoms with Crippen molar-refractivity contribution in [1.29, 1.82) is 0 Å². The van der Waals surface area contributed by atoms with Crippen molar-refractivity contribution in [3.63, 3.8) is 0 Å². The van der Waals surface area contributed by atoms with Crippen LogP contribution in [0.25, 0.3) is 11.2 Å². The van der Waals surface area contributed by atoms with E-state index in [1.807, 2.05) is 16.7 Å². The van der Waals surface area contributed by atoms with E-state index in [0.717, 1.165) is 0 Å². The predicted molar refractivity (Wildman–Crippen MR) is 149 cm³/mol. The molecule has 1 aliphatic heterocycles. The van der Waals surface area contributed by atoms with Gasteiger partial charge in [-0.15, -0.1) is 0 Å². The summed E-state index contributed by atoms with van der Waals surface area (Å²) in [7, 11) is -2.81. The molecule has 1 unspecified atom stereocenters. The molecule has 3 N–H and O–H groups in total. The highest BCUT2D eigenvalue weighted by molar-refractivity contribution is 6.99. The topological polar surface area (TPSA) is 108 Å². The fourth-order valence-corrected chi connectivity index (χ4v) is 10.9. The molecule has 8 nitrogen and oxygen atoms in total. The van der Waals surface area contributed by atoms with Gasteiger partial charge in [-0.05, 0) is 15.4 Å². The molecule has 6 rings (SSSR count). The fourth-order valence-electron chi connectivity index (χ4n) is 6.32. The van der Waals surface area contributed by atoms with Crippen LogP contribution in [-0.4, -0.2) is 52.4 Å². The molecule has 4 aromatic rings. The smallest absolute Gasteiger partial charge is 0.261 e. The Bertz CT molecular complexity index is 1430. The number of nitrogen functional groups attached to an aromatic ring is 1. The number of fused-ring (bicyclic) bond motifs is 2. The molecule has 0 amide bonds. The van der Waals surface area contributed by atoms with Crippen molar-refractivity contribution in [3.8, 4) is 0 Å². The number of hydrogen-bond acceptors (Lipinski definition) is 7. The lowest BCUT2D eigenvalue weighted by Crippen LogP contribution is -2.67. The van der Waals surface area contributed by atoms with E-state index in [4.69, 9.17) is 14.9 Å². The summed E-state index contributed by atoms with van der Waals surface area (Å²) in [5.74, 6) is 0.281. The van der Waals surface area contributed by atoms with Crippen molar-refractivity contribution in [1.82, 2.24) is 19.5 Å². The van der Waals surface area contributed by atoms with E-state index in [1.165, 1.54) is 16.7 Å². The molecule has 196 valence electrons. The molecule has 2 aliphatic rings. The van der Waals surface area contributed by atoms with Gasteiger partial charge in [0.05, 0.1) is 24.4 Å². The maximum atomic E-state index is 11.3. The summed E-state index contributed by atoms with van der Waals surface area (Å²) >= 11 is 0. The molecule has 0 bridgehead atoms. The van der Waals surface area contributed by atoms with Crippen LogP contribution in [0.1, 0.15) is 26.8 Å². The fraction of sp³-hybridized carbons (Fsp3) is 0.345. The third kappa shape index (κ3) is 3.64. The minimum Gasteiger partial charge on any atom is -0.406 e. The largest absolute Gasteiger partial charge is 0.406 e. The maximum Gasteiger partial charge on any atom is 0.261 e. The number of nitrogens with zero attached hydrogens (tertiary/aromatic N) is 4. The van der Waals surface area contributed by atoms with Crippen LogP contribution in [0.2, 0.25) is 5.04 Å². The van der Waals surface area contributed by atoms with Crippen molar-refractivity contribution < 1.29 is 14.3 Å². The van der Waals surface area contributed by atoms with Crippen molar-refractivity contribution in [2.24, 2.45) is 11.3 Å². The minimum atomic E-state index is -2.81. The molecular formula is C29H33N5O3Si. The molecule has 0 saturated carbocycles. The van der Waals surface area contributed by atoms with Gasteiger partial charge in [-0.25, -0.2) is 15.0 Å². The van der Waals surface area contributed by atoms with Crippen LogP contribution in [0, 0.1) is 11.3 Å². The number of rotatable bonds is 6. The van der Waals surface area contributed by atoms with Crippen LogP contribution in [-0.2, 0) is 9.16 Å². The van der Waals surface area contributed by atoms with Gasteiger partial charge in [0.1, 0.15) is 11.8 Å². The number of aromatic nitrogens is 4. The van der Waals surface area contributed by atoms with Crippen LogP contribution in [0.5, 0.6) is 0 Å². The summed E-state index contributed by atoms with van der Waals surface area (Å²) in [6, 6.07) is 21.0. The van der Waals surface area contributed by atoms with Gasteiger partial charge in [0, 0.05) is 12.5 Å². The van der Waals surface area contributed by atoms with Gasteiger partial charge < -0.3 is 24.6 Å². The van der Waals surface area contributed by atoms with E-state index in [0.29, 0.717) is 30.2 Å². The molecule has 38 heavy (non-hydrogen) atoms. The number of imidazole rings is 1. The predicted octanol–water partition coefficient (Wildman–Crippen LogP) is 3.05. The number of allylic oxidation sites excluding steroid dienone is 1. The SMILES string of the molecule is CC(C)(C)[Si](OC[C@@]12C=C[C@@H](n3cnc4c(N)ncnc43)[C@@H]1COC2O)(c1ccccc1)c1ccccc1. The highest BCUT2D eigenvalue weighted by atomic mass is 28.4. The Morgan fingerprint density at radius 3 is 2.34 bits per heavy atom. The number of anilines is 1. The number of benzene rings is 2. The molecule has 0 spiro atoms. The van der Waals surface area contributed by atoms with Crippen LogP contribution in [0.15, 0.2) is 85.5 Å². The monoisotopic (exact) mass is 527 g/mol. The molecule has 1 aliphatic carbocycles. The van der Waals surface area contributed by atoms with E-state index >= 15 is 0 Å². The van der Waals surface area contributed by atoms with E-state index in [-0.39, 0.29) is 17.0 Å². The highest BCUT2D eigenvalue weighted by Gasteiger charge is 2.59. The first kappa shape index (κ1) is 24.9. The lowest BCUT2D eigenvalue weighted by atomic mass is 9.79. The number of hydrogen-bond donors (Lipinski definition) is 2. The summed E-state index contributed by atoms with van der Waals surface area (Å²) in [5.41, 5.74) is 6.56. The zero-order valence-corrected chi connectivity index (χ0v) is 22.9. The van der Waals surface area contributed by atoms with Gasteiger partial charge in [0.2, 0.25) is 0 Å². The molecule has 9 heteroatoms. The molecule has 1 saturated heterocycles. The molecule has 4 atom stereocenters. The Balaban J connectivity index is 1.41. The average molecular weight is 528 g/mol. The zero-order chi connectivity index (χ0) is 26.5. The van der Waals surface area contributed by atoms with E-state index in [2.05, 4.69) is 96.4 Å². The Labute approximate surface area is 223 Å². The highest BCUT2D eigenvalue weighted by Crippen LogP contribution is 2.52. The van der Waals surface area contributed by atoms with Crippen LogP contribution in [0.3, 0.4) is 0 Å². The van der Waals surface area contributed by atoms with Gasteiger partial charge >= 0.3 is 0 Å². The van der Waals surface area contributed by atoms with Gasteiger partial charge in [0.25, 0.3) is 8.32 Å². The minimum absolute atomic E-state index is 0.0655. The Morgan fingerprint density at radius 1 is 1.05 bits per heavy atom. The standard InChI is InChI=1S/C29H33N5O3Si/c1-28(2,3)38(20-10-6-4-7-11-20,21-12-8-5-9-13-21)37-17-29-15-14-23(22(29)16-36-27(29)35)34-19-33-24-25(30)31-18-32-26(24)34/h4-15,18-19,22-23,27,35H,16-17H2,1-3H3,(H2,30,31,32)/t22-,23+,27?,29-/m0/s1. The summed E-state index contributed by atoms with van der Waals surface area (Å²) in [6.07, 6.45) is 6.41. The first-order valence-corrected chi connectivity index (χ1v) is 14.9. The molecule has 1 fully saturated rings. The quantitative estimate of drug-likeness (QED) is 0.293. The molecular weight excluding hydrogens is 494 g/mol. The van der Waals surface area contributed by atoms with Crippen LogP contribution in [0.4, 0.5) is 5.82 Å². The summed E-state index contributed by atoms with van der Waals surface area (Å²) in [4.78, 5) is 13.0. The van der Waals surface area contributed by atoms with Gasteiger partial charge in [-0.2, -0.15) is 0 Å². The second-order valence-electron chi connectivity index (χ2n) is 11.3. The van der Waals surface area contributed by atoms with Crippen molar-refractivity contribution in [2.75, 3.05) is 18.9 Å². The zero-order valence-electron chi connectivity index (χ0n) is 21.9. The maximum absolute atomic E-state index is 11.3. The lowest BCUT2D eigenvalue weighted by molar-refractivity contribution is -0.114. The van der Waals surface area contributed by atoms with Crippen molar-refractivity contribution in [2.45, 2.75) is 38.1 Å². The van der Waals surface area contributed by atoms with Gasteiger partial charge in [-0.3, -0.25) is 0 Å². The Kier molecular flexibility index (Phi) is 5.99. The summed E-state index contributed by atoms with van der Waals surface area (Å²) < 4.78 is 15.2. The number of ether oxygens (including phenoxy) is 1. The second kappa shape index (κ2) is 9.13. The van der Waals surface area contributed by atoms with Crippen LogP contribution >= 0.6 is 0 Å². The molecule has 2 aromatic heterocycles. The van der Waals surface area contributed by atoms with Crippen molar-refractivity contribution in [3.05, 3.63) is 85.5 Å².